The fourth-order valence-electron chi connectivity index (χ4n) is 5.23. The molecular formula is C21H29NO3. The molecule has 6 unspecified atom stereocenters. The van der Waals surface area contributed by atoms with Crippen molar-refractivity contribution in [1.82, 2.24) is 4.90 Å². The Hall–Kier alpha value is -1.20. The number of aliphatic hydroxyl groups excluding tert-OH is 2. The summed E-state index contributed by atoms with van der Waals surface area (Å²) in [5.41, 5.74) is -0.134. The summed E-state index contributed by atoms with van der Waals surface area (Å²) in [6.07, 6.45) is 6.96. The number of nitrogens with zero attached hydrogens (tertiary/aromatic N) is 1. The molecule has 3 N–H and O–H groups in total. The molecule has 2 bridgehead atoms. The van der Waals surface area contributed by atoms with Crippen molar-refractivity contribution >= 4 is 0 Å². The van der Waals surface area contributed by atoms with Crippen LogP contribution in [0, 0.1) is 17.8 Å². The van der Waals surface area contributed by atoms with E-state index in [9.17, 15) is 15.3 Å². The Kier molecular flexibility index (Phi) is 4.71. The number of piperidine rings is 1. The summed E-state index contributed by atoms with van der Waals surface area (Å²) >= 11 is 0. The number of hydrogen-bond acceptors (Lipinski definition) is 4. The Morgan fingerprint density at radius 2 is 1.84 bits per heavy atom. The van der Waals surface area contributed by atoms with E-state index >= 15 is 0 Å². The first-order chi connectivity index (χ1) is 12.1. The molecule has 1 saturated carbocycles. The third-order valence-corrected chi connectivity index (χ3v) is 6.53. The number of hydrogen-bond donors (Lipinski definition) is 3. The van der Waals surface area contributed by atoms with Crippen LogP contribution >= 0.6 is 0 Å². The molecule has 0 radical (unpaired) electrons. The predicted molar refractivity (Wildman–Crippen MR) is 96.9 cm³/mol. The molecule has 2 fully saturated rings. The molecule has 2 aliphatic carbocycles. The smallest absolute Gasteiger partial charge is 0.0967 e. The lowest BCUT2D eigenvalue weighted by atomic mass is 9.71. The lowest BCUT2D eigenvalue weighted by molar-refractivity contribution is -0.0932. The minimum absolute atomic E-state index is 0.153. The van der Waals surface area contributed by atoms with Gasteiger partial charge in [0.2, 0.25) is 0 Å². The van der Waals surface area contributed by atoms with Crippen LogP contribution in [0.5, 0.6) is 0 Å². The van der Waals surface area contributed by atoms with Gasteiger partial charge in [0.25, 0.3) is 0 Å². The van der Waals surface area contributed by atoms with Crippen LogP contribution < -0.4 is 0 Å². The maximum atomic E-state index is 11.8. The summed E-state index contributed by atoms with van der Waals surface area (Å²) in [4.78, 5) is 2.25. The van der Waals surface area contributed by atoms with Crippen LogP contribution in [0.15, 0.2) is 42.5 Å². The minimum atomic E-state index is -1.03. The summed E-state index contributed by atoms with van der Waals surface area (Å²) < 4.78 is 0. The van der Waals surface area contributed by atoms with Crippen LogP contribution in [-0.2, 0) is 5.60 Å². The van der Waals surface area contributed by atoms with Crippen LogP contribution in [0.1, 0.15) is 31.2 Å². The van der Waals surface area contributed by atoms with Gasteiger partial charge in [-0.1, -0.05) is 42.5 Å². The van der Waals surface area contributed by atoms with E-state index in [0.717, 1.165) is 37.9 Å². The van der Waals surface area contributed by atoms with Gasteiger partial charge < -0.3 is 20.2 Å². The SMILES string of the molecule is OC1CCCN(CCC(O)(c2ccccc2)C2C3C=CC(C3)C2O)C1. The average molecular weight is 343 g/mol. The molecule has 1 heterocycles. The Balaban J connectivity index is 1.57. The lowest BCUT2D eigenvalue weighted by Gasteiger charge is -2.42. The number of fused-ring (bicyclic) bond motifs is 2. The van der Waals surface area contributed by atoms with Crippen molar-refractivity contribution in [3.05, 3.63) is 48.0 Å². The van der Waals surface area contributed by atoms with Gasteiger partial charge in [0.1, 0.15) is 0 Å². The first-order valence-electron chi connectivity index (χ1n) is 9.62. The Morgan fingerprint density at radius 1 is 1.08 bits per heavy atom. The van der Waals surface area contributed by atoms with Gasteiger partial charge in [-0.15, -0.1) is 0 Å². The zero-order chi connectivity index (χ0) is 17.4. The van der Waals surface area contributed by atoms with Crippen LogP contribution in [0.4, 0.5) is 0 Å². The molecule has 0 spiro atoms. The van der Waals surface area contributed by atoms with Crippen molar-refractivity contribution in [3.63, 3.8) is 0 Å². The summed E-state index contributed by atoms with van der Waals surface area (Å²) in [5, 5.41) is 32.5. The number of β-amino-alcohol motifs (C(OH)–C–C–N with tert-alkyl or cyclic N) is 1. The molecule has 25 heavy (non-hydrogen) atoms. The highest BCUT2D eigenvalue weighted by atomic mass is 16.3. The van der Waals surface area contributed by atoms with Gasteiger partial charge in [-0.3, -0.25) is 0 Å². The summed E-state index contributed by atoms with van der Waals surface area (Å²) in [7, 11) is 0. The van der Waals surface area contributed by atoms with Gasteiger partial charge in [-0.2, -0.15) is 0 Å². The van der Waals surface area contributed by atoms with E-state index in [2.05, 4.69) is 17.1 Å². The lowest BCUT2D eigenvalue weighted by Crippen LogP contribution is -2.47. The molecule has 6 atom stereocenters. The highest BCUT2D eigenvalue weighted by Crippen LogP contribution is 2.52. The fourth-order valence-corrected chi connectivity index (χ4v) is 5.23. The van der Waals surface area contributed by atoms with Crippen LogP contribution in [0.3, 0.4) is 0 Å². The van der Waals surface area contributed by atoms with Crippen molar-refractivity contribution in [2.75, 3.05) is 19.6 Å². The van der Waals surface area contributed by atoms with Crippen molar-refractivity contribution < 1.29 is 15.3 Å². The maximum absolute atomic E-state index is 11.8. The highest BCUT2D eigenvalue weighted by Gasteiger charge is 2.54. The second-order valence-corrected chi connectivity index (χ2v) is 8.10. The van der Waals surface area contributed by atoms with E-state index in [0.29, 0.717) is 13.0 Å². The van der Waals surface area contributed by atoms with Gasteiger partial charge in [-0.05, 0) is 43.7 Å². The van der Waals surface area contributed by atoms with Gasteiger partial charge in [0.15, 0.2) is 0 Å². The Labute approximate surface area is 149 Å². The molecule has 0 amide bonds. The molecular weight excluding hydrogens is 314 g/mol. The Bertz CT molecular complexity index is 619. The van der Waals surface area contributed by atoms with Gasteiger partial charge >= 0.3 is 0 Å². The summed E-state index contributed by atoms with van der Waals surface area (Å²) in [6.45, 7) is 2.40. The third kappa shape index (κ3) is 3.17. The van der Waals surface area contributed by atoms with Crippen LogP contribution in [0.2, 0.25) is 0 Å². The normalized spacial score (nSPS) is 37.3. The van der Waals surface area contributed by atoms with Gasteiger partial charge in [0.05, 0.1) is 17.8 Å². The molecule has 0 aromatic heterocycles. The zero-order valence-electron chi connectivity index (χ0n) is 14.7. The van der Waals surface area contributed by atoms with Crippen molar-refractivity contribution in [1.29, 1.82) is 0 Å². The molecule has 1 saturated heterocycles. The number of likely N-dealkylation sites (tertiary alicyclic amines) is 1. The zero-order valence-corrected chi connectivity index (χ0v) is 14.7. The summed E-state index contributed by atoms with van der Waals surface area (Å²) in [6, 6.07) is 9.84. The molecule has 1 aliphatic heterocycles. The van der Waals surface area contributed by atoms with Crippen LogP contribution in [-0.4, -0.2) is 52.1 Å². The van der Waals surface area contributed by atoms with E-state index in [1.165, 1.54) is 0 Å². The van der Waals surface area contributed by atoms with E-state index in [1.807, 2.05) is 30.3 Å². The van der Waals surface area contributed by atoms with E-state index in [1.54, 1.807) is 0 Å². The summed E-state index contributed by atoms with van der Waals surface area (Å²) in [5.74, 6) is 0.277. The standard InChI is InChI=1S/C21H29NO3/c23-18-7-4-11-22(14-18)12-10-21(25,17-5-2-1-3-6-17)19-15-8-9-16(13-15)20(19)24/h1-3,5-6,8-9,15-16,18-20,23-25H,4,7,10-14H2. The molecule has 1 aromatic carbocycles. The minimum Gasteiger partial charge on any atom is -0.392 e. The van der Waals surface area contributed by atoms with Gasteiger partial charge in [0, 0.05) is 24.9 Å². The van der Waals surface area contributed by atoms with Gasteiger partial charge in [-0.25, -0.2) is 0 Å². The van der Waals surface area contributed by atoms with E-state index < -0.39 is 11.7 Å². The number of benzene rings is 1. The molecule has 1 aromatic rings. The number of allylic oxidation sites excluding steroid dienone is 1. The highest BCUT2D eigenvalue weighted by molar-refractivity contribution is 5.28. The first kappa shape index (κ1) is 17.2. The van der Waals surface area contributed by atoms with Crippen LogP contribution in [0.25, 0.3) is 0 Å². The first-order valence-corrected chi connectivity index (χ1v) is 9.62. The van der Waals surface area contributed by atoms with Crippen molar-refractivity contribution in [3.8, 4) is 0 Å². The Morgan fingerprint density at radius 3 is 2.52 bits per heavy atom. The predicted octanol–water partition coefficient (Wildman–Crippen LogP) is 1.90. The molecule has 136 valence electrons. The van der Waals surface area contributed by atoms with Crippen molar-refractivity contribution in [2.45, 2.75) is 43.5 Å². The monoisotopic (exact) mass is 343 g/mol. The topological polar surface area (TPSA) is 63.9 Å². The molecule has 4 heteroatoms. The number of aliphatic hydroxyl groups is 3. The largest absolute Gasteiger partial charge is 0.392 e. The molecule has 4 nitrogen and oxygen atoms in total. The van der Waals surface area contributed by atoms with E-state index in [-0.39, 0.29) is 23.9 Å². The fraction of sp³-hybridized carbons (Fsp3) is 0.619. The molecule has 3 aliphatic rings. The average Bonchev–Trinajstić information content (AvgIpc) is 3.22. The molecule has 4 rings (SSSR count). The van der Waals surface area contributed by atoms with Crippen molar-refractivity contribution in [2.24, 2.45) is 17.8 Å². The second kappa shape index (κ2) is 6.84. The second-order valence-electron chi connectivity index (χ2n) is 8.10. The number of rotatable bonds is 5. The quantitative estimate of drug-likeness (QED) is 0.715. The third-order valence-electron chi connectivity index (χ3n) is 6.53. The van der Waals surface area contributed by atoms with E-state index in [4.69, 9.17) is 0 Å². The maximum Gasteiger partial charge on any atom is 0.0967 e.